The normalized spacial score (nSPS) is 10.6. The van der Waals surface area contributed by atoms with Crippen LogP contribution in [0.15, 0.2) is 67.0 Å². The maximum Gasteiger partial charge on any atom is 0.251 e. The number of pyridine rings is 1. The van der Waals surface area contributed by atoms with Crippen LogP contribution in [0.3, 0.4) is 0 Å². The maximum absolute atomic E-state index is 12.7. The number of rotatable bonds is 11. The molecule has 32 heavy (non-hydrogen) atoms. The van der Waals surface area contributed by atoms with E-state index in [2.05, 4.69) is 24.1 Å². The Kier molecular flexibility index (Phi) is 8.49. The van der Waals surface area contributed by atoms with Gasteiger partial charge >= 0.3 is 0 Å². The quantitative estimate of drug-likeness (QED) is 0.459. The molecule has 0 saturated carbocycles. The van der Waals surface area contributed by atoms with E-state index in [9.17, 15) is 4.79 Å². The standard InChI is InChI=1S/C26H30N2O4/c1-4-30-25-15-22(7-10-24(25)32-18-21-11-13-27-14-12-21)26(29)28-16-20-5-8-23(9-6-20)31-17-19(2)3/h5-15,19H,4,16-18H2,1-3H3,(H,28,29). The van der Waals surface area contributed by atoms with Crippen LogP contribution in [0.25, 0.3) is 0 Å². The second-order valence-corrected chi connectivity index (χ2v) is 7.77. The number of carbonyl (C=O) groups excluding carboxylic acids is 1. The zero-order valence-corrected chi connectivity index (χ0v) is 18.8. The zero-order valence-electron chi connectivity index (χ0n) is 18.8. The number of hydrogen-bond donors (Lipinski definition) is 1. The number of nitrogens with one attached hydrogen (secondary N) is 1. The summed E-state index contributed by atoms with van der Waals surface area (Å²) in [5.41, 5.74) is 2.52. The molecule has 1 aromatic heterocycles. The van der Waals surface area contributed by atoms with Crippen LogP contribution in [0.5, 0.6) is 17.2 Å². The van der Waals surface area contributed by atoms with E-state index in [0.29, 0.717) is 49.3 Å². The monoisotopic (exact) mass is 434 g/mol. The van der Waals surface area contributed by atoms with Gasteiger partial charge in [-0.25, -0.2) is 0 Å². The van der Waals surface area contributed by atoms with Crippen LogP contribution in [-0.2, 0) is 13.2 Å². The molecular formula is C26H30N2O4. The van der Waals surface area contributed by atoms with Gasteiger partial charge in [-0.2, -0.15) is 0 Å². The Balaban J connectivity index is 1.59. The molecule has 0 saturated heterocycles. The van der Waals surface area contributed by atoms with E-state index >= 15 is 0 Å². The Morgan fingerprint density at radius 1 is 0.906 bits per heavy atom. The van der Waals surface area contributed by atoms with Crippen molar-refractivity contribution in [3.05, 3.63) is 83.7 Å². The first kappa shape index (κ1) is 23.1. The fourth-order valence-corrected chi connectivity index (χ4v) is 2.93. The summed E-state index contributed by atoms with van der Waals surface area (Å²) in [6.07, 6.45) is 3.45. The van der Waals surface area contributed by atoms with Gasteiger partial charge in [0, 0.05) is 24.5 Å². The van der Waals surface area contributed by atoms with Gasteiger partial charge in [0.25, 0.3) is 5.91 Å². The number of hydrogen-bond acceptors (Lipinski definition) is 5. The van der Waals surface area contributed by atoms with Crippen LogP contribution in [0.2, 0.25) is 0 Å². The van der Waals surface area contributed by atoms with Crippen molar-refractivity contribution in [2.24, 2.45) is 5.92 Å². The highest BCUT2D eigenvalue weighted by molar-refractivity contribution is 5.94. The third-order valence-corrected chi connectivity index (χ3v) is 4.61. The average molecular weight is 435 g/mol. The summed E-state index contributed by atoms with van der Waals surface area (Å²) in [7, 11) is 0. The molecule has 2 aromatic carbocycles. The van der Waals surface area contributed by atoms with Gasteiger partial charge in [-0.15, -0.1) is 0 Å². The van der Waals surface area contributed by atoms with Crippen LogP contribution >= 0.6 is 0 Å². The minimum Gasteiger partial charge on any atom is -0.493 e. The molecular weight excluding hydrogens is 404 g/mol. The molecule has 0 atom stereocenters. The van der Waals surface area contributed by atoms with E-state index in [1.165, 1.54) is 0 Å². The number of benzene rings is 2. The SMILES string of the molecule is CCOc1cc(C(=O)NCc2ccc(OCC(C)C)cc2)ccc1OCc1ccncc1. The molecule has 0 radical (unpaired) electrons. The minimum absolute atomic E-state index is 0.174. The predicted molar refractivity (Wildman–Crippen MR) is 124 cm³/mol. The van der Waals surface area contributed by atoms with Gasteiger partial charge in [-0.05, 0) is 66.4 Å². The molecule has 1 heterocycles. The second-order valence-electron chi connectivity index (χ2n) is 7.77. The summed E-state index contributed by atoms with van der Waals surface area (Å²) in [6.45, 7) is 8.09. The molecule has 6 heteroatoms. The summed E-state index contributed by atoms with van der Waals surface area (Å²) in [4.78, 5) is 16.7. The Bertz CT molecular complexity index is 988. The van der Waals surface area contributed by atoms with E-state index in [1.54, 1.807) is 30.6 Å². The van der Waals surface area contributed by atoms with Crippen LogP contribution in [0.1, 0.15) is 42.3 Å². The lowest BCUT2D eigenvalue weighted by molar-refractivity contribution is 0.0950. The number of ether oxygens (including phenoxy) is 3. The first-order valence-corrected chi connectivity index (χ1v) is 10.8. The summed E-state index contributed by atoms with van der Waals surface area (Å²) in [6, 6.07) is 16.8. The lowest BCUT2D eigenvalue weighted by Crippen LogP contribution is -2.22. The third-order valence-electron chi connectivity index (χ3n) is 4.61. The lowest BCUT2D eigenvalue weighted by Gasteiger charge is -2.14. The highest BCUT2D eigenvalue weighted by atomic mass is 16.5. The summed E-state index contributed by atoms with van der Waals surface area (Å²) < 4.78 is 17.3. The predicted octanol–water partition coefficient (Wildman–Crippen LogP) is 5.02. The molecule has 1 amide bonds. The summed E-state index contributed by atoms with van der Waals surface area (Å²) in [5.74, 6) is 2.27. The van der Waals surface area contributed by atoms with Gasteiger partial charge in [0.2, 0.25) is 0 Å². The Morgan fingerprint density at radius 2 is 1.66 bits per heavy atom. The largest absolute Gasteiger partial charge is 0.493 e. The van der Waals surface area contributed by atoms with Crippen molar-refractivity contribution in [2.75, 3.05) is 13.2 Å². The average Bonchev–Trinajstić information content (AvgIpc) is 2.82. The zero-order chi connectivity index (χ0) is 22.8. The molecule has 0 spiro atoms. The first-order valence-electron chi connectivity index (χ1n) is 10.8. The fraction of sp³-hybridized carbons (Fsp3) is 0.308. The van der Waals surface area contributed by atoms with Crippen molar-refractivity contribution in [1.82, 2.24) is 10.3 Å². The fourth-order valence-electron chi connectivity index (χ4n) is 2.93. The Hall–Kier alpha value is -3.54. The molecule has 3 rings (SSSR count). The molecule has 3 aromatic rings. The van der Waals surface area contributed by atoms with Gasteiger partial charge in [0.05, 0.1) is 13.2 Å². The molecule has 1 N–H and O–H groups in total. The Labute approximate surface area is 189 Å². The van der Waals surface area contributed by atoms with Crippen LogP contribution < -0.4 is 19.5 Å². The van der Waals surface area contributed by atoms with E-state index in [0.717, 1.165) is 16.9 Å². The first-order chi connectivity index (χ1) is 15.5. The number of amides is 1. The molecule has 0 fully saturated rings. The van der Waals surface area contributed by atoms with Crippen molar-refractivity contribution >= 4 is 5.91 Å². The van der Waals surface area contributed by atoms with Crippen LogP contribution in [-0.4, -0.2) is 24.1 Å². The van der Waals surface area contributed by atoms with Crippen molar-refractivity contribution < 1.29 is 19.0 Å². The number of aromatic nitrogens is 1. The van der Waals surface area contributed by atoms with Gasteiger partial charge in [-0.1, -0.05) is 26.0 Å². The molecule has 6 nitrogen and oxygen atoms in total. The minimum atomic E-state index is -0.174. The molecule has 0 aliphatic rings. The molecule has 0 bridgehead atoms. The van der Waals surface area contributed by atoms with Crippen molar-refractivity contribution in [3.8, 4) is 17.2 Å². The molecule has 0 unspecified atom stereocenters. The molecule has 0 aliphatic heterocycles. The van der Waals surface area contributed by atoms with E-state index in [-0.39, 0.29) is 5.91 Å². The van der Waals surface area contributed by atoms with Gasteiger partial charge in [0.15, 0.2) is 11.5 Å². The maximum atomic E-state index is 12.7. The van der Waals surface area contributed by atoms with Gasteiger partial charge in [-0.3, -0.25) is 9.78 Å². The highest BCUT2D eigenvalue weighted by Crippen LogP contribution is 2.29. The smallest absolute Gasteiger partial charge is 0.251 e. The highest BCUT2D eigenvalue weighted by Gasteiger charge is 2.12. The topological polar surface area (TPSA) is 69.7 Å². The van der Waals surface area contributed by atoms with E-state index < -0.39 is 0 Å². The van der Waals surface area contributed by atoms with Crippen LogP contribution in [0.4, 0.5) is 0 Å². The van der Waals surface area contributed by atoms with Crippen molar-refractivity contribution in [2.45, 2.75) is 33.9 Å². The lowest BCUT2D eigenvalue weighted by atomic mass is 10.1. The second kappa shape index (κ2) is 11.7. The molecule has 168 valence electrons. The Morgan fingerprint density at radius 3 is 2.34 bits per heavy atom. The number of carbonyl (C=O) groups is 1. The van der Waals surface area contributed by atoms with Gasteiger partial charge < -0.3 is 19.5 Å². The summed E-state index contributed by atoms with van der Waals surface area (Å²) in [5, 5.41) is 2.95. The van der Waals surface area contributed by atoms with Crippen molar-refractivity contribution in [3.63, 3.8) is 0 Å². The molecule has 0 aliphatic carbocycles. The van der Waals surface area contributed by atoms with E-state index in [1.807, 2.05) is 43.3 Å². The van der Waals surface area contributed by atoms with E-state index in [4.69, 9.17) is 14.2 Å². The number of nitrogens with zero attached hydrogens (tertiary/aromatic N) is 1. The van der Waals surface area contributed by atoms with Crippen molar-refractivity contribution in [1.29, 1.82) is 0 Å². The summed E-state index contributed by atoms with van der Waals surface area (Å²) >= 11 is 0. The van der Waals surface area contributed by atoms with Gasteiger partial charge in [0.1, 0.15) is 12.4 Å². The van der Waals surface area contributed by atoms with Crippen LogP contribution in [0, 0.1) is 5.92 Å². The third kappa shape index (κ3) is 7.01.